The fraction of sp³-hybridized carbons (Fsp3) is 0.909. The molecule has 2 saturated heterocycles. The summed E-state index contributed by atoms with van der Waals surface area (Å²) in [6.07, 6.45) is 2.64. The maximum atomic E-state index is 12.0. The van der Waals surface area contributed by atoms with Gasteiger partial charge in [-0.3, -0.25) is 10.1 Å². The zero-order valence-electron chi connectivity index (χ0n) is 9.95. The second-order valence-corrected chi connectivity index (χ2v) is 5.61. The van der Waals surface area contributed by atoms with Crippen LogP contribution in [0.1, 0.15) is 12.8 Å². The zero-order chi connectivity index (χ0) is 11.4. The normalized spacial score (nSPS) is 26.2. The van der Waals surface area contributed by atoms with Gasteiger partial charge in [-0.15, -0.1) is 11.8 Å². The van der Waals surface area contributed by atoms with Crippen molar-refractivity contribution in [3.63, 3.8) is 0 Å². The Kier molecular flexibility index (Phi) is 4.49. The molecule has 4 nitrogen and oxygen atoms in total. The quantitative estimate of drug-likeness (QED) is 0.765. The highest BCUT2D eigenvalue weighted by Gasteiger charge is 2.25. The van der Waals surface area contributed by atoms with E-state index in [1.165, 1.54) is 25.9 Å². The van der Waals surface area contributed by atoms with Gasteiger partial charge in [-0.1, -0.05) is 0 Å². The first-order chi connectivity index (χ1) is 7.77. The van der Waals surface area contributed by atoms with Gasteiger partial charge in [0.25, 0.3) is 0 Å². The summed E-state index contributed by atoms with van der Waals surface area (Å²) in [4.78, 5) is 16.3. The summed E-state index contributed by atoms with van der Waals surface area (Å²) in [5, 5.41) is 3.22. The van der Waals surface area contributed by atoms with Crippen molar-refractivity contribution < 1.29 is 4.79 Å². The lowest BCUT2D eigenvalue weighted by atomic mass is 10.3. The lowest BCUT2D eigenvalue weighted by Gasteiger charge is -2.23. The van der Waals surface area contributed by atoms with Crippen LogP contribution in [-0.2, 0) is 4.79 Å². The largest absolute Gasteiger partial charge is 0.343 e. The van der Waals surface area contributed by atoms with Crippen molar-refractivity contribution in [2.24, 2.45) is 0 Å². The molecule has 0 saturated carbocycles. The van der Waals surface area contributed by atoms with Crippen LogP contribution in [0.25, 0.3) is 0 Å². The standard InChI is InChI=1S/C11H21N3OS/c1-13(6-7-14-4-2-3-5-14)11(15)10-8-16-9-12-10/h10,12H,2-9H2,1H3. The first-order valence-corrected chi connectivity index (χ1v) is 7.21. The Morgan fingerprint density at radius 2 is 2.25 bits per heavy atom. The van der Waals surface area contributed by atoms with Crippen molar-refractivity contribution in [1.29, 1.82) is 0 Å². The van der Waals surface area contributed by atoms with E-state index < -0.39 is 0 Å². The first kappa shape index (κ1) is 12.2. The van der Waals surface area contributed by atoms with Crippen molar-refractivity contribution in [1.82, 2.24) is 15.1 Å². The molecule has 0 aliphatic carbocycles. The third kappa shape index (κ3) is 3.12. The number of rotatable bonds is 4. The number of thioether (sulfide) groups is 1. The van der Waals surface area contributed by atoms with Crippen LogP contribution in [0.4, 0.5) is 0 Å². The van der Waals surface area contributed by atoms with Gasteiger partial charge in [0.05, 0.1) is 6.04 Å². The summed E-state index contributed by atoms with van der Waals surface area (Å²) in [6, 6.07) is 0.0496. The van der Waals surface area contributed by atoms with Gasteiger partial charge in [0, 0.05) is 31.8 Å². The predicted octanol–water partition coefficient (Wildman–Crippen LogP) is 0.203. The number of likely N-dealkylation sites (tertiary alicyclic amines) is 1. The molecular weight excluding hydrogens is 222 g/mol. The third-order valence-electron chi connectivity index (χ3n) is 3.34. The number of carbonyl (C=O) groups excluding carboxylic acids is 1. The van der Waals surface area contributed by atoms with E-state index in [-0.39, 0.29) is 11.9 Å². The van der Waals surface area contributed by atoms with Crippen LogP contribution in [0.15, 0.2) is 0 Å². The summed E-state index contributed by atoms with van der Waals surface area (Å²) in [7, 11) is 1.92. The summed E-state index contributed by atoms with van der Waals surface area (Å²) in [6.45, 7) is 4.31. The zero-order valence-corrected chi connectivity index (χ0v) is 10.8. The molecule has 2 fully saturated rings. The van der Waals surface area contributed by atoms with Gasteiger partial charge in [-0.2, -0.15) is 0 Å². The molecule has 2 heterocycles. The fourth-order valence-electron chi connectivity index (χ4n) is 2.23. The van der Waals surface area contributed by atoms with Gasteiger partial charge >= 0.3 is 0 Å². The molecular formula is C11H21N3OS. The molecule has 0 radical (unpaired) electrons. The van der Waals surface area contributed by atoms with Gasteiger partial charge in [-0.05, 0) is 25.9 Å². The van der Waals surface area contributed by atoms with Crippen LogP contribution >= 0.6 is 11.8 Å². The van der Waals surface area contributed by atoms with Crippen LogP contribution in [-0.4, -0.2) is 66.6 Å². The lowest BCUT2D eigenvalue weighted by Crippen LogP contribution is -2.45. The molecule has 1 atom stereocenters. The number of nitrogens with zero attached hydrogens (tertiary/aromatic N) is 2. The molecule has 2 aliphatic heterocycles. The first-order valence-electron chi connectivity index (χ1n) is 6.06. The molecule has 0 spiro atoms. The van der Waals surface area contributed by atoms with Crippen molar-refractivity contribution in [2.45, 2.75) is 18.9 Å². The molecule has 2 aliphatic rings. The fourth-order valence-corrected chi connectivity index (χ4v) is 3.16. The molecule has 0 bridgehead atoms. The number of nitrogens with one attached hydrogen (secondary N) is 1. The molecule has 92 valence electrons. The molecule has 0 aromatic rings. The van der Waals surface area contributed by atoms with Crippen molar-refractivity contribution in [2.75, 3.05) is 44.9 Å². The SMILES string of the molecule is CN(CCN1CCCC1)C(=O)C1CSCN1. The number of carbonyl (C=O) groups is 1. The van der Waals surface area contributed by atoms with Crippen molar-refractivity contribution in [3.05, 3.63) is 0 Å². The Hall–Kier alpha value is -0.260. The van der Waals surface area contributed by atoms with Crippen LogP contribution in [0, 0.1) is 0 Å². The minimum Gasteiger partial charge on any atom is -0.343 e. The molecule has 1 amide bonds. The third-order valence-corrected chi connectivity index (χ3v) is 4.28. The summed E-state index contributed by atoms with van der Waals surface area (Å²) in [5.74, 6) is 2.09. The van der Waals surface area contributed by atoms with E-state index in [1.54, 1.807) is 11.8 Å². The smallest absolute Gasteiger partial charge is 0.240 e. The Morgan fingerprint density at radius 1 is 1.50 bits per heavy atom. The van der Waals surface area contributed by atoms with Gasteiger partial charge in [0.1, 0.15) is 0 Å². The maximum absolute atomic E-state index is 12.0. The monoisotopic (exact) mass is 243 g/mol. The molecule has 1 unspecified atom stereocenters. The molecule has 0 aromatic heterocycles. The van der Waals surface area contributed by atoms with E-state index in [2.05, 4.69) is 10.2 Å². The molecule has 5 heteroatoms. The van der Waals surface area contributed by atoms with E-state index in [1.807, 2.05) is 11.9 Å². The van der Waals surface area contributed by atoms with Gasteiger partial charge in [0.15, 0.2) is 0 Å². The number of hydrogen-bond donors (Lipinski definition) is 1. The predicted molar refractivity (Wildman–Crippen MR) is 67.6 cm³/mol. The topological polar surface area (TPSA) is 35.6 Å². The van der Waals surface area contributed by atoms with E-state index in [0.29, 0.717) is 0 Å². The maximum Gasteiger partial charge on any atom is 0.240 e. The van der Waals surface area contributed by atoms with E-state index in [4.69, 9.17) is 0 Å². The molecule has 16 heavy (non-hydrogen) atoms. The summed E-state index contributed by atoms with van der Waals surface area (Å²) in [5.41, 5.74) is 0. The van der Waals surface area contributed by atoms with Crippen LogP contribution in [0.2, 0.25) is 0 Å². The lowest BCUT2D eigenvalue weighted by molar-refractivity contribution is -0.131. The van der Waals surface area contributed by atoms with E-state index in [0.717, 1.165) is 24.7 Å². The highest BCUT2D eigenvalue weighted by Crippen LogP contribution is 2.12. The Bertz CT molecular complexity index is 237. The highest BCUT2D eigenvalue weighted by molar-refractivity contribution is 7.99. The van der Waals surface area contributed by atoms with Gasteiger partial charge in [-0.25, -0.2) is 0 Å². The second-order valence-electron chi connectivity index (χ2n) is 4.58. The molecule has 0 aromatic carbocycles. The Morgan fingerprint density at radius 3 is 2.88 bits per heavy atom. The van der Waals surface area contributed by atoms with Crippen LogP contribution < -0.4 is 5.32 Å². The van der Waals surface area contributed by atoms with E-state index >= 15 is 0 Å². The average molecular weight is 243 g/mol. The van der Waals surface area contributed by atoms with Gasteiger partial charge < -0.3 is 9.80 Å². The minimum absolute atomic E-state index is 0.0496. The summed E-state index contributed by atoms with van der Waals surface area (Å²) >= 11 is 1.80. The summed E-state index contributed by atoms with van der Waals surface area (Å²) < 4.78 is 0. The Balaban J connectivity index is 1.69. The van der Waals surface area contributed by atoms with E-state index in [9.17, 15) is 4.79 Å². The minimum atomic E-state index is 0.0496. The number of amides is 1. The van der Waals surface area contributed by atoms with Crippen molar-refractivity contribution >= 4 is 17.7 Å². The van der Waals surface area contributed by atoms with Crippen LogP contribution in [0.5, 0.6) is 0 Å². The number of hydrogen-bond acceptors (Lipinski definition) is 4. The second kappa shape index (κ2) is 5.89. The molecule has 2 rings (SSSR count). The Labute approximate surface area is 102 Å². The molecule has 1 N–H and O–H groups in total. The van der Waals surface area contributed by atoms with Crippen molar-refractivity contribution in [3.8, 4) is 0 Å². The van der Waals surface area contributed by atoms with Crippen LogP contribution in [0.3, 0.4) is 0 Å². The van der Waals surface area contributed by atoms with Gasteiger partial charge in [0.2, 0.25) is 5.91 Å². The number of likely N-dealkylation sites (N-methyl/N-ethyl adjacent to an activating group) is 1. The highest BCUT2D eigenvalue weighted by atomic mass is 32.2. The average Bonchev–Trinajstić information content (AvgIpc) is 2.96.